The molecule has 2 heterocycles. The maximum atomic E-state index is 5.97. The summed E-state index contributed by atoms with van der Waals surface area (Å²) in [6.07, 6.45) is 5.80. The summed E-state index contributed by atoms with van der Waals surface area (Å²) in [4.78, 5) is 9.13. The molecule has 0 atom stereocenters. The highest BCUT2D eigenvalue weighted by Gasteiger charge is 2.10. The van der Waals surface area contributed by atoms with Gasteiger partial charge in [-0.05, 0) is 17.9 Å². The predicted octanol–water partition coefficient (Wildman–Crippen LogP) is 4.11. The third-order valence-electron chi connectivity index (χ3n) is 3.33. The van der Waals surface area contributed by atoms with Crippen LogP contribution in [0.4, 0.5) is 0 Å². The fraction of sp³-hybridized carbons (Fsp3) is 0.250. The van der Waals surface area contributed by atoms with Crippen LogP contribution in [0.5, 0.6) is 0 Å². The van der Waals surface area contributed by atoms with E-state index in [0.717, 1.165) is 41.0 Å². The molecule has 2 aromatic heterocycles. The Bertz CT molecular complexity index is 733. The summed E-state index contributed by atoms with van der Waals surface area (Å²) in [7, 11) is 0. The third-order valence-corrected chi connectivity index (χ3v) is 3.60. The fourth-order valence-corrected chi connectivity index (χ4v) is 2.56. The van der Waals surface area contributed by atoms with Crippen molar-refractivity contribution in [3.8, 4) is 5.82 Å². The molecule has 0 amide bonds. The molecule has 3 nitrogen and oxygen atoms in total. The molecule has 0 saturated carbocycles. The van der Waals surface area contributed by atoms with Crippen molar-refractivity contribution < 1.29 is 0 Å². The first-order valence-electron chi connectivity index (χ1n) is 6.80. The van der Waals surface area contributed by atoms with Gasteiger partial charge >= 0.3 is 0 Å². The van der Waals surface area contributed by atoms with Gasteiger partial charge in [0.1, 0.15) is 11.6 Å². The largest absolute Gasteiger partial charge is 0.287 e. The van der Waals surface area contributed by atoms with Crippen LogP contribution >= 0.6 is 11.6 Å². The van der Waals surface area contributed by atoms with Crippen molar-refractivity contribution in [2.75, 3.05) is 0 Å². The van der Waals surface area contributed by atoms with Gasteiger partial charge in [0.25, 0.3) is 0 Å². The Balaban J connectivity index is 2.26. The zero-order valence-electron chi connectivity index (χ0n) is 11.4. The van der Waals surface area contributed by atoms with Crippen molar-refractivity contribution in [2.24, 2.45) is 0 Å². The van der Waals surface area contributed by atoms with Crippen molar-refractivity contribution in [3.63, 3.8) is 0 Å². The molecule has 0 bridgehead atoms. The van der Waals surface area contributed by atoms with Crippen LogP contribution in [-0.2, 0) is 12.3 Å². The average Bonchev–Trinajstić information content (AvgIpc) is 2.94. The minimum absolute atomic E-state index is 0.412. The van der Waals surface area contributed by atoms with Gasteiger partial charge in [0.2, 0.25) is 0 Å². The lowest BCUT2D eigenvalue weighted by molar-refractivity contribution is 0.799. The number of halogens is 1. The van der Waals surface area contributed by atoms with E-state index in [1.54, 1.807) is 0 Å². The normalized spacial score (nSPS) is 11.1. The van der Waals surface area contributed by atoms with Crippen LogP contribution in [0, 0.1) is 0 Å². The van der Waals surface area contributed by atoms with Crippen molar-refractivity contribution in [3.05, 3.63) is 54.2 Å². The van der Waals surface area contributed by atoms with E-state index < -0.39 is 0 Å². The molecule has 0 aliphatic rings. The maximum absolute atomic E-state index is 5.97. The van der Waals surface area contributed by atoms with Crippen LogP contribution in [0.2, 0.25) is 0 Å². The number of alkyl halides is 1. The Labute approximate surface area is 123 Å². The zero-order chi connectivity index (χ0) is 13.9. The van der Waals surface area contributed by atoms with Gasteiger partial charge in [-0.25, -0.2) is 9.97 Å². The standard InChI is InChI=1S/C16H16ClN3/c1-2-5-15-18-8-9-20(15)16-14-7-4-3-6-12(14)10-13(11-17)19-16/h3-4,6-10H,2,5,11H2,1H3. The number of fused-ring (bicyclic) bond motifs is 1. The summed E-state index contributed by atoms with van der Waals surface area (Å²) in [6, 6.07) is 10.3. The lowest BCUT2D eigenvalue weighted by Crippen LogP contribution is -2.05. The van der Waals surface area contributed by atoms with E-state index in [-0.39, 0.29) is 0 Å². The number of hydrogen-bond acceptors (Lipinski definition) is 2. The summed E-state index contributed by atoms with van der Waals surface area (Å²) < 4.78 is 2.07. The second-order valence-corrected chi connectivity index (χ2v) is 5.02. The van der Waals surface area contributed by atoms with E-state index in [0.29, 0.717) is 5.88 Å². The van der Waals surface area contributed by atoms with E-state index in [1.165, 1.54) is 0 Å². The molecule has 0 spiro atoms. The fourth-order valence-electron chi connectivity index (χ4n) is 2.42. The lowest BCUT2D eigenvalue weighted by atomic mass is 10.1. The topological polar surface area (TPSA) is 30.7 Å². The number of pyridine rings is 1. The molecule has 20 heavy (non-hydrogen) atoms. The maximum Gasteiger partial charge on any atom is 0.146 e. The minimum atomic E-state index is 0.412. The van der Waals surface area contributed by atoms with Crippen LogP contribution in [0.1, 0.15) is 24.9 Å². The van der Waals surface area contributed by atoms with E-state index in [4.69, 9.17) is 16.6 Å². The highest BCUT2D eigenvalue weighted by Crippen LogP contribution is 2.23. The van der Waals surface area contributed by atoms with E-state index in [9.17, 15) is 0 Å². The summed E-state index contributed by atoms with van der Waals surface area (Å²) in [5.74, 6) is 2.37. The predicted molar refractivity (Wildman–Crippen MR) is 82.4 cm³/mol. The van der Waals surface area contributed by atoms with Crippen molar-refractivity contribution in [1.82, 2.24) is 14.5 Å². The second-order valence-electron chi connectivity index (χ2n) is 4.76. The number of aromatic nitrogens is 3. The molecule has 102 valence electrons. The second kappa shape index (κ2) is 5.63. The van der Waals surface area contributed by atoms with E-state index >= 15 is 0 Å². The van der Waals surface area contributed by atoms with Crippen LogP contribution in [0.25, 0.3) is 16.6 Å². The average molecular weight is 286 g/mol. The van der Waals surface area contributed by atoms with Crippen LogP contribution in [0.3, 0.4) is 0 Å². The summed E-state index contributed by atoms with van der Waals surface area (Å²) in [5, 5.41) is 2.28. The molecule has 1 aromatic carbocycles. The van der Waals surface area contributed by atoms with Gasteiger partial charge in [0.05, 0.1) is 11.6 Å². The van der Waals surface area contributed by atoms with Gasteiger partial charge in [-0.1, -0.05) is 31.2 Å². The summed E-state index contributed by atoms with van der Waals surface area (Å²) in [6.45, 7) is 2.15. The molecule has 3 aromatic rings. The van der Waals surface area contributed by atoms with Gasteiger partial charge in [0, 0.05) is 24.2 Å². The first-order chi connectivity index (χ1) is 9.83. The van der Waals surface area contributed by atoms with Crippen LogP contribution < -0.4 is 0 Å². The molecule has 0 fully saturated rings. The minimum Gasteiger partial charge on any atom is -0.287 e. The third kappa shape index (κ3) is 2.29. The number of aryl methyl sites for hydroxylation is 1. The Morgan fingerprint density at radius 3 is 2.90 bits per heavy atom. The molecule has 3 rings (SSSR count). The molecular formula is C16H16ClN3. The highest BCUT2D eigenvalue weighted by atomic mass is 35.5. The molecule has 0 aliphatic heterocycles. The first-order valence-corrected chi connectivity index (χ1v) is 7.34. The molecule has 0 unspecified atom stereocenters. The highest BCUT2D eigenvalue weighted by molar-refractivity contribution is 6.17. The van der Waals surface area contributed by atoms with Gasteiger partial charge < -0.3 is 0 Å². The van der Waals surface area contributed by atoms with Gasteiger partial charge in [-0.15, -0.1) is 11.6 Å². The van der Waals surface area contributed by atoms with Crippen LogP contribution in [0.15, 0.2) is 42.7 Å². The number of hydrogen-bond donors (Lipinski definition) is 0. The molecule has 0 N–H and O–H groups in total. The van der Waals surface area contributed by atoms with Crippen molar-refractivity contribution >= 4 is 22.4 Å². The molecule has 0 radical (unpaired) electrons. The smallest absolute Gasteiger partial charge is 0.146 e. The number of nitrogens with zero attached hydrogens (tertiary/aromatic N) is 3. The Hall–Kier alpha value is -1.87. The van der Waals surface area contributed by atoms with Gasteiger partial charge in [-0.2, -0.15) is 0 Å². The number of imidazole rings is 1. The molecule has 0 saturated heterocycles. The monoisotopic (exact) mass is 285 g/mol. The first kappa shape index (κ1) is 13.1. The van der Waals surface area contributed by atoms with E-state index in [1.807, 2.05) is 30.6 Å². The SMILES string of the molecule is CCCc1nccn1-c1nc(CCl)cc2ccccc12. The van der Waals surface area contributed by atoms with E-state index in [2.05, 4.69) is 28.6 Å². The van der Waals surface area contributed by atoms with Crippen molar-refractivity contribution in [1.29, 1.82) is 0 Å². The quantitative estimate of drug-likeness (QED) is 0.675. The summed E-state index contributed by atoms with van der Waals surface area (Å²) >= 11 is 5.97. The lowest BCUT2D eigenvalue weighted by Gasteiger charge is -2.11. The number of benzene rings is 1. The zero-order valence-corrected chi connectivity index (χ0v) is 12.1. The molecule has 0 aliphatic carbocycles. The Kier molecular flexibility index (Phi) is 3.70. The van der Waals surface area contributed by atoms with Gasteiger partial charge in [0.15, 0.2) is 0 Å². The van der Waals surface area contributed by atoms with Crippen molar-refractivity contribution in [2.45, 2.75) is 25.6 Å². The molecular weight excluding hydrogens is 270 g/mol. The van der Waals surface area contributed by atoms with Gasteiger partial charge in [-0.3, -0.25) is 4.57 Å². The van der Waals surface area contributed by atoms with Crippen LogP contribution in [-0.4, -0.2) is 14.5 Å². The summed E-state index contributed by atoms with van der Waals surface area (Å²) in [5.41, 5.74) is 0.886. The number of rotatable bonds is 4. The Morgan fingerprint density at radius 1 is 1.25 bits per heavy atom. The molecule has 4 heteroatoms. The Morgan fingerprint density at radius 2 is 2.10 bits per heavy atom.